The van der Waals surface area contributed by atoms with E-state index in [-0.39, 0.29) is 16.3 Å². The first-order valence-electron chi connectivity index (χ1n) is 8.35. The first kappa shape index (κ1) is 19.8. The SMILES string of the molecule is N#C/C(=C\c1ccc(OS(=O)(=O)c2ccccc2)cc1)c1ccc([N+](=O)[O-])cc1. The highest BCUT2D eigenvalue weighted by molar-refractivity contribution is 7.87. The van der Waals surface area contributed by atoms with Crippen LogP contribution in [0.3, 0.4) is 0 Å². The third-order valence-corrected chi connectivity index (χ3v) is 5.20. The molecule has 7 nitrogen and oxygen atoms in total. The summed E-state index contributed by atoms with van der Waals surface area (Å²) in [7, 11) is -3.93. The van der Waals surface area contributed by atoms with Crippen LogP contribution in [-0.2, 0) is 10.1 Å². The monoisotopic (exact) mass is 406 g/mol. The summed E-state index contributed by atoms with van der Waals surface area (Å²) >= 11 is 0. The average Bonchev–Trinajstić information content (AvgIpc) is 2.74. The van der Waals surface area contributed by atoms with E-state index in [0.29, 0.717) is 16.7 Å². The van der Waals surface area contributed by atoms with Crippen LogP contribution in [0.15, 0.2) is 83.8 Å². The lowest BCUT2D eigenvalue weighted by molar-refractivity contribution is -0.384. The highest BCUT2D eigenvalue weighted by Gasteiger charge is 2.15. The first-order chi connectivity index (χ1) is 13.9. The maximum atomic E-state index is 12.2. The van der Waals surface area contributed by atoms with Gasteiger partial charge in [0.05, 0.1) is 16.6 Å². The van der Waals surface area contributed by atoms with E-state index in [1.54, 1.807) is 36.4 Å². The maximum absolute atomic E-state index is 12.2. The normalized spacial score (nSPS) is 11.5. The summed E-state index contributed by atoms with van der Waals surface area (Å²) in [6, 6.07) is 21.7. The fourth-order valence-electron chi connectivity index (χ4n) is 2.49. The van der Waals surface area contributed by atoms with Crippen molar-refractivity contribution in [1.29, 1.82) is 5.26 Å². The van der Waals surface area contributed by atoms with Gasteiger partial charge in [0.2, 0.25) is 0 Å². The molecular formula is C21H14N2O5S. The van der Waals surface area contributed by atoms with Crippen LogP contribution in [0.25, 0.3) is 11.6 Å². The van der Waals surface area contributed by atoms with E-state index >= 15 is 0 Å². The molecule has 29 heavy (non-hydrogen) atoms. The van der Waals surface area contributed by atoms with Crippen LogP contribution in [0.4, 0.5) is 5.69 Å². The number of allylic oxidation sites excluding steroid dienone is 1. The molecule has 0 aliphatic carbocycles. The number of nitro groups is 1. The van der Waals surface area contributed by atoms with Crippen LogP contribution in [0.1, 0.15) is 11.1 Å². The molecule has 0 saturated heterocycles. The standard InChI is InChI=1S/C21H14N2O5S/c22-15-18(17-8-10-19(11-9-17)23(24)25)14-16-6-12-20(13-7-16)28-29(26,27)21-4-2-1-3-5-21/h1-14H/b18-14+. The predicted molar refractivity (Wildman–Crippen MR) is 107 cm³/mol. The molecule has 3 rings (SSSR count). The summed E-state index contributed by atoms with van der Waals surface area (Å²) in [5.41, 5.74) is 1.42. The second-order valence-corrected chi connectivity index (χ2v) is 7.44. The van der Waals surface area contributed by atoms with Gasteiger partial charge in [0.15, 0.2) is 0 Å². The van der Waals surface area contributed by atoms with Gasteiger partial charge in [-0.3, -0.25) is 10.1 Å². The topological polar surface area (TPSA) is 110 Å². The number of nitro benzene ring substituents is 1. The molecule has 8 heteroatoms. The van der Waals surface area contributed by atoms with Gasteiger partial charge in [0.1, 0.15) is 10.6 Å². The average molecular weight is 406 g/mol. The Morgan fingerprint density at radius 2 is 1.59 bits per heavy atom. The number of rotatable bonds is 6. The van der Waals surface area contributed by atoms with Gasteiger partial charge in [0, 0.05) is 12.1 Å². The van der Waals surface area contributed by atoms with Crippen molar-refractivity contribution in [2.75, 3.05) is 0 Å². The molecule has 0 atom stereocenters. The lowest BCUT2D eigenvalue weighted by atomic mass is 10.0. The minimum absolute atomic E-state index is 0.0499. The summed E-state index contributed by atoms with van der Waals surface area (Å²) in [5, 5.41) is 20.1. The Labute approximate surface area is 167 Å². The van der Waals surface area contributed by atoms with Crippen LogP contribution in [-0.4, -0.2) is 13.3 Å². The fourth-order valence-corrected chi connectivity index (χ4v) is 3.44. The van der Waals surface area contributed by atoms with Gasteiger partial charge in [0.25, 0.3) is 5.69 Å². The Bertz CT molecular complexity index is 1190. The molecule has 0 unspecified atom stereocenters. The molecule has 3 aromatic rings. The summed E-state index contributed by atoms with van der Waals surface area (Å²) in [6.45, 7) is 0. The van der Waals surface area contributed by atoms with Crippen molar-refractivity contribution in [2.24, 2.45) is 0 Å². The van der Waals surface area contributed by atoms with Crippen molar-refractivity contribution in [1.82, 2.24) is 0 Å². The lowest BCUT2D eigenvalue weighted by Gasteiger charge is -2.07. The Hall–Kier alpha value is -3.96. The van der Waals surface area contributed by atoms with Gasteiger partial charge in [-0.2, -0.15) is 13.7 Å². The molecule has 0 radical (unpaired) electrons. The summed E-state index contributed by atoms with van der Waals surface area (Å²) in [4.78, 5) is 10.3. The number of hydrogen-bond acceptors (Lipinski definition) is 6. The van der Waals surface area contributed by atoms with Gasteiger partial charge >= 0.3 is 10.1 Å². The van der Waals surface area contributed by atoms with Crippen molar-refractivity contribution in [3.8, 4) is 11.8 Å². The Morgan fingerprint density at radius 1 is 0.966 bits per heavy atom. The highest BCUT2D eigenvalue weighted by Crippen LogP contribution is 2.23. The quantitative estimate of drug-likeness (QED) is 0.197. The zero-order chi connectivity index (χ0) is 20.9. The van der Waals surface area contributed by atoms with Gasteiger partial charge in [-0.05, 0) is 53.6 Å². The minimum atomic E-state index is -3.93. The number of nitrogens with zero attached hydrogens (tertiary/aromatic N) is 2. The van der Waals surface area contributed by atoms with E-state index < -0.39 is 15.0 Å². The minimum Gasteiger partial charge on any atom is -0.379 e. The molecule has 0 bridgehead atoms. The van der Waals surface area contributed by atoms with Crippen molar-refractivity contribution >= 4 is 27.5 Å². The van der Waals surface area contributed by atoms with Gasteiger partial charge < -0.3 is 4.18 Å². The second kappa shape index (κ2) is 8.37. The Morgan fingerprint density at radius 3 is 2.14 bits per heavy atom. The molecule has 144 valence electrons. The molecule has 0 N–H and O–H groups in total. The zero-order valence-electron chi connectivity index (χ0n) is 14.9. The molecule has 0 aromatic heterocycles. The summed E-state index contributed by atoms with van der Waals surface area (Å²) in [5.74, 6) is 0.139. The third-order valence-electron chi connectivity index (χ3n) is 3.94. The highest BCUT2D eigenvalue weighted by atomic mass is 32.2. The maximum Gasteiger partial charge on any atom is 0.339 e. The molecule has 0 amide bonds. The first-order valence-corrected chi connectivity index (χ1v) is 9.76. The van der Waals surface area contributed by atoms with E-state index in [1.807, 2.05) is 0 Å². The molecule has 0 saturated carbocycles. The molecule has 0 spiro atoms. The number of benzene rings is 3. The molecule has 3 aromatic carbocycles. The van der Waals surface area contributed by atoms with E-state index in [1.165, 1.54) is 48.5 Å². The van der Waals surface area contributed by atoms with Crippen LogP contribution >= 0.6 is 0 Å². The van der Waals surface area contributed by atoms with Crippen LogP contribution in [0, 0.1) is 21.4 Å². The number of nitriles is 1. The number of non-ortho nitro benzene ring substituents is 1. The molecular weight excluding hydrogens is 392 g/mol. The second-order valence-electron chi connectivity index (χ2n) is 5.89. The van der Waals surface area contributed by atoms with Gasteiger partial charge in [-0.15, -0.1) is 0 Å². The van der Waals surface area contributed by atoms with Crippen molar-refractivity contribution < 1.29 is 17.5 Å². The van der Waals surface area contributed by atoms with Crippen LogP contribution < -0.4 is 4.18 Å². The molecule has 0 heterocycles. The summed E-state index contributed by atoms with van der Waals surface area (Å²) < 4.78 is 29.6. The van der Waals surface area contributed by atoms with Crippen LogP contribution in [0.2, 0.25) is 0 Å². The van der Waals surface area contributed by atoms with Crippen molar-refractivity contribution in [3.05, 3.63) is 100 Å². The zero-order valence-corrected chi connectivity index (χ0v) is 15.7. The predicted octanol–water partition coefficient (Wildman–Crippen LogP) is 4.43. The van der Waals surface area contributed by atoms with E-state index in [2.05, 4.69) is 6.07 Å². The van der Waals surface area contributed by atoms with E-state index in [0.717, 1.165) is 0 Å². The van der Waals surface area contributed by atoms with E-state index in [9.17, 15) is 23.8 Å². The van der Waals surface area contributed by atoms with Gasteiger partial charge in [-0.1, -0.05) is 30.3 Å². The van der Waals surface area contributed by atoms with Crippen molar-refractivity contribution in [3.63, 3.8) is 0 Å². The Kier molecular flexibility index (Phi) is 5.71. The van der Waals surface area contributed by atoms with Gasteiger partial charge in [-0.25, -0.2) is 0 Å². The largest absolute Gasteiger partial charge is 0.379 e. The summed E-state index contributed by atoms with van der Waals surface area (Å²) in [6.07, 6.45) is 1.59. The smallest absolute Gasteiger partial charge is 0.339 e. The fraction of sp³-hybridized carbons (Fsp3) is 0. The lowest BCUT2D eigenvalue weighted by Crippen LogP contribution is -2.09. The number of hydrogen-bond donors (Lipinski definition) is 0. The van der Waals surface area contributed by atoms with Crippen LogP contribution in [0.5, 0.6) is 5.75 Å². The Balaban J connectivity index is 1.80. The molecule has 0 aliphatic rings. The molecule has 0 fully saturated rings. The molecule has 0 aliphatic heterocycles. The van der Waals surface area contributed by atoms with Crippen molar-refractivity contribution in [2.45, 2.75) is 4.90 Å². The third kappa shape index (κ3) is 4.86. The van der Waals surface area contributed by atoms with E-state index in [4.69, 9.17) is 4.18 Å².